The fourth-order valence-corrected chi connectivity index (χ4v) is 0.402. The second kappa shape index (κ2) is 38.9. The molecule has 0 bridgehead atoms. The molecule has 0 aromatic carbocycles. The van der Waals surface area contributed by atoms with Crippen molar-refractivity contribution in [2.24, 2.45) is 28.7 Å². The van der Waals surface area contributed by atoms with Gasteiger partial charge in [0.15, 0.2) is 0 Å². The Morgan fingerprint density at radius 2 is 0.923 bits per heavy atom. The first-order chi connectivity index (χ1) is 12.2. The van der Waals surface area contributed by atoms with Crippen LogP contribution < -0.4 is 28.7 Å². The summed E-state index contributed by atoms with van der Waals surface area (Å²) in [5.74, 6) is -2.20. The molecular formula is C13H37N5O8. The highest BCUT2D eigenvalue weighted by Crippen LogP contribution is 1.93. The summed E-state index contributed by atoms with van der Waals surface area (Å²) in [6, 6.07) is -1.06. The smallest absolute Gasteiger partial charge is 0.320 e. The molecule has 13 heteroatoms. The number of aliphatic hydroxyl groups is 4. The Morgan fingerprint density at radius 3 is 1.04 bits per heavy atom. The molecule has 26 heavy (non-hydrogen) atoms. The largest absolute Gasteiger partial charge is 0.481 e. The van der Waals surface area contributed by atoms with E-state index in [9.17, 15) is 9.59 Å². The molecule has 0 radical (unpaired) electrons. The standard InChI is InChI=1S/C5H9NO4.4C2H7NO/c6-3(5(9)10)1-2-4(7)8;4*3-1-2-4/h3H,1-2,6H2,(H,7,8)(H,9,10);4*4H,1-3H2/t3-;;;;/m0..../s1. The minimum atomic E-state index is -1.17. The first-order valence-electron chi connectivity index (χ1n) is 7.64. The normalized spacial score (nSPS) is 9.42. The molecule has 13 nitrogen and oxygen atoms in total. The molecule has 0 amide bonds. The lowest BCUT2D eigenvalue weighted by Gasteiger charge is -2.01. The highest BCUT2D eigenvalue weighted by Gasteiger charge is 2.12. The van der Waals surface area contributed by atoms with Crippen molar-refractivity contribution in [3.8, 4) is 0 Å². The monoisotopic (exact) mass is 391 g/mol. The predicted octanol–water partition coefficient (Wildman–Crippen LogP) is -4.99. The van der Waals surface area contributed by atoms with Gasteiger partial charge in [-0.15, -0.1) is 0 Å². The van der Waals surface area contributed by atoms with Gasteiger partial charge in [-0.1, -0.05) is 0 Å². The Kier molecular flexibility index (Phi) is 53.3. The van der Waals surface area contributed by atoms with Gasteiger partial charge in [-0.25, -0.2) is 0 Å². The maximum Gasteiger partial charge on any atom is 0.320 e. The molecule has 0 heterocycles. The highest BCUT2D eigenvalue weighted by atomic mass is 16.4. The Balaban J connectivity index is -0.0000000776. The lowest BCUT2D eigenvalue weighted by Crippen LogP contribution is -2.30. The van der Waals surface area contributed by atoms with Crippen molar-refractivity contribution in [3.05, 3.63) is 0 Å². The zero-order valence-electron chi connectivity index (χ0n) is 15.0. The minimum Gasteiger partial charge on any atom is -0.481 e. The molecule has 0 aromatic rings. The van der Waals surface area contributed by atoms with Crippen molar-refractivity contribution in [2.75, 3.05) is 52.6 Å². The van der Waals surface area contributed by atoms with E-state index in [0.29, 0.717) is 26.2 Å². The van der Waals surface area contributed by atoms with E-state index in [1.54, 1.807) is 0 Å². The molecule has 0 aromatic heterocycles. The van der Waals surface area contributed by atoms with Crippen molar-refractivity contribution in [1.29, 1.82) is 0 Å². The summed E-state index contributed by atoms with van der Waals surface area (Å²) in [7, 11) is 0. The van der Waals surface area contributed by atoms with Gasteiger partial charge in [0, 0.05) is 32.6 Å². The van der Waals surface area contributed by atoms with Crippen LogP contribution in [-0.2, 0) is 9.59 Å². The maximum absolute atomic E-state index is 9.99. The third kappa shape index (κ3) is 78.4. The van der Waals surface area contributed by atoms with Crippen LogP contribution in [-0.4, -0.2) is 101 Å². The van der Waals surface area contributed by atoms with E-state index in [0.717, 1.165) is 0 Å². The van der Waals surface area contributed by atoms with Crippen molar-refractivity contribution < 1.29 is 40.2 Å². The Labute approximate surface area is 153 Å². The van der Waals surface area contributed by atoms with Gasteiger partial charge in [0.1, 0.15) is 6.04 Å². The molecule has 0 aliphatic rings. The van der Waals surface area contributed by atoms with Crippen LogP contribution in [0.4, 0.5) is 0 Å². The fourth-order valence-electron chi connectivity index (χ4n) is 0.402. The van der Waals surface area contributed by atoms with Gasteiger partial charge in [-0.3, -0.25) is 9.59 Å². The third-order valence-corrected chi connectivity index (χ3v) is 1.50. The van der Waals surface area contributed by atoms with E-state index in [-0.39, 0.29) is 39.3 Å². The Morgan fingerprint density at radius 1 is 0.692 bits per heavy atom. The van der Waals surface area contributed by atoms with Crippen molar-refractivity contribution in [1.82, 2.24) is 0 Å². The molecule has 0 aliphatic heterocycles. The second-order valence-corrected chi connectivity index (χ2v) is 3.93. The van der Waals surface area contributed by atoms with E-state index >= 15 is 0 Å². The molecule has 0 saturated heterocycles. The van der Waals surface area contributed by atoms with E-state index in [1.807, 2.05) is 0 Å². The fraction of sp³-hybridized carbons (Fsp3) is 0.846. The van der Waals surface area contributed by atoms with Gasteiger partial charge in [-0.05, 0) is 6.42 Å². The highest BCUT2D eigenvalue weighted by molar-refractivity contribution is 5.74. The van der Waals surface area contributed by atoms with Crippen LogP contribution >= 0.6 is 0 Å². The lowest BCUT2D eigenvalue weighted by molar-refractivity contribution is -0.139. The summed E-state index contributed by atoms with van der Waals surface area (Å²) < 4.78 is 0. The number of carboxylic acid groups (broad SMARTS) is 2. The summed E-state index contributed by atoms with van der Waals surface area (Å²) in [5, 5.41) is 47.3. The number of rotatable bonds is 8. The van der Waals surface area contributed by atoms with Gasteiger partial charge in [0.25, 0.3) is 0 Å². The van der Waals surface area contributed by atoms with E-state index in [1.165, 1.54) is 0 Å². The molecule has 0 rings (SSSR count). The average Bonchev–Trinajstić information content (AvgIpc) is 2.66. The van der Waals surface area contributed by atoms with Crippen LogP contribution in [0.1, 0.15) is 12.8 Å². The van der Waals surface area contributed by atoms with Crippen LogP contribution in [0.3, 0.4) is 0 Å². The number of hydrogen-bond donors (Lipinski definition) is 11. The molecule has 0 aliphatic carbocycles. The van der Waals surface area contributed by atoms with Crippen molar-refractivity contribution in [3.63, 3.8) is 0 Å². The SMILES string of the molecule is NCCO.NCCO.NCCO.NCCO.N[C@@H](CCC(=O)O)C(=O)O. The molecular weight excluding hydrogens is 354 g/mol. The van der Waals surface area contributed by atoms with Gasteiger partial charge >= 0.3 is 11.9 Å². The zero-order chi connectivity index (χ0) is 21.8. The molecule has 0 fully saturated rings. The minimum absolute atomic E-state index is 0.0231. The van der Waals surface area contributed by atoms with Crippen molar-refractivity contribution >= 4 is 11.9 Å². The van der Waals surface area contributed by atoms with E-state index in [4.69, 9.17) is 59.3 Å². The van der Waals surface area contributed by atoms with Crippen LogP contribution in [0, 0.1) is 0 Å². The number of hydrogen-bond acceptors (Lipinski definition) is 11. The van der Waals surface area contributed by atoms with Crippen molar-refractivity contribution in [2.45, 2.75) is 18.9 Å². The number of aliphatic carboxylic acids is 2. The first kappa shape index (κ1) is 35.6. The topological polar surface area (TPSA) is 286 Å². The molecule has 16 N–H and O–H groups in total. The quantitative estimate of drug-likeness (QED) is 0.185. The number of carbonyl (C=O) groups is 2. The molecule has 0 saturated carbocycles. The molecule has 0 spiro atoms. The summed E-state index contributed by atoms with van der Waals surface area (Å²) in [6.07, 6.45) is -0.224. The summed E-state index contributed by atoms with van der Waals surface area (Å²) >= 11 is 0. The third-order valence-electron chi connectivity index (χ3n) is 1.50. The Bertz CT molecular complexity index is 239. The number of carboxylic acids is 2. The van der Waals surface area contributed by atoms with Gasteiger partial charge < -0.3 is 59.3 Å². The van der Waals surface area contributed by atoms with Gasteiger partial charge in [0.2, 0.25) is 0 Å². The van der Waals surface area contributed by atoms with Crippen LogP contribution in [0.2, 0.25) is 0 Å². The summed E-state index contributed by atoms with van der Waals surface area (Å²) in [5.41, 5.74) is 24.1. The number of aliphatic hydroxyl groups excluding tert-OH is 4. The van der Waals surface area contributed by atoms with Crippen LogP contribution in [0.15, 0.2) is 0 Å². The molecule has 162 valence electrons. The molecule has 1 atom stereocenters. The van der Waals surface area contributed by atoms with E-state index < -0.39 is 18.0 Å². The Hall–Kier alpha value is -1.42. The van der Waals surface area contributed by atoms with Crippen LogP contribution in [0.25, 0.3) is 0 Å². The molecule has 0 unspecified atom stereocenters. The zero-order valence-corrected chi connectivity index (χ0v) is 15.0. The van der Waals surface area contributed by atoms with E-state index in [2.05, 4.69) is 0 Å². The van der Waals surface area contributed by atoms with Crippen LogP contribution in [0.5, 0.6) is 0 Å². The summed E-state index contributed by atoms with van der Waals surface area (Å²) in [4.78, 5) is 19.9. The maximum atomic E-state index is 9.99. The second-order valence-electron chi connectivity index (χ2n) is 3.93. The first-order valence-corrected chi connectivity index (χ1v) is 7.64. The van der Waals surface area contributed by atoms with Gasteiger partial charge in [-0.2, -0.15) is 0 Å². The summed E-state index contributed by atoms with van der Waals surface area (Å²) in [6.45, 7) is 1.89. The number of nitrogens with two attached hydrogens (primary N) is 5. The lowest BCUT2D eigenvalue weighted by atomic mass is 10.2. The predicted molar refractivity (Wildman–Crippen MR) is 97.0 cm³/mol. The van der Waals surface area contributed by atoms with Gasteiger partial charge in [0.05, 0.1) is 26.4 Å². The average molecular weight is 391 g/mol.